The van der Waals surface area contributed by atoms with Crippen LogP contribution in [-0.4, -0.2) is 16.0 Å². The maximum atomic E-state index is 13.2. The first kappa shape index (κ1) is 15.1. The van der Waals surface area contributed by atoms with Gasteiger partial charge < -0.3 is 10.4 Å². The van der Waals surface area contributed by atoms with Gasteiger partial charge in [0.05, 0.1) is 23.7 Å². The smallest absolute Gasteiger partial charge is 0.227 e. The molecule has 1 aromatic heterocycles. The Kier molecular flexibility index (Phi) is 4.30. The third kappa shape index (κ3) is 3.52. The third-order valence-electron chi connectivity index (χ3n) is 3.53. The Bertz CT molecular complexity index is 846. The fraction of sp³-hybridized carbons (Fsp3) is 0.111. The normalized spacial score (nSPS) is 12.1. The van der Waals surface area contributed by atoms with Crippen LogP contribution in [0.5, 0.6) is 0 Å². The van der Waals surface area contributed by atoms with Crippen LogP contribution in [0, 0.1) is 5.82 Å². The maximum Gasteiger partial charge on any atom is 0.227 e. The lowest BCUT2D eigenvalue weighted by atomic mass is 10.1. The SMILES string of the molecule is O=C(CC(O)c1cccc(F)c1)Nc1cccc2ncccc12. The minimum absolute atomic E-state index is 0.153. The second-order valence-electron chi connectivity index (χ2n) is 5.20. The molecule has 5 heteroatoms. The summed E-state index contributed by atoms with van der Waals surface area (Å²) in [5.74, 6) is -0.791. The van der Waals surface area contributed by atoms with Crippen LogP contribution >= 0.6 is 0 Å². The molecule has 3 aromatic rings. The van der Waals surface area contributed by atoms with E-state index in [2.05, 4.69) is 10.3 Å². The van der Waals surface area contributed by atoms with Gasteiger partial charge in [-0.15, -0.1) is 0 Å². The number of hydrogen-bond acceptors (Lipinski definition) is 3. The Morgan fingerprint density at radius 1 is 1.17 bits per heavy atom. The van der Waals surface area contributed by atoms with E-state index in [9.17, 15) is 14.3 Å². The lowest BCUT2D eigenvalue weighted by molar-refractivity contribution is -0.118. The summed E-state index contributed by atoms with van der Waals surface area (Å²) >= 11 is 0. The number of nitrogens with one attached hydrogen (secondary N) is 1. The van der Waals surface area contributed by atoms with Crippen molar-refractivity contribution in [2.75, 3.05) is 5.32 Å². The van der Waals surface area contributed by atoms with Gasteiger partial charge in [-0.05, 0) is 42.0 Å². The van der Waals surface area contributed by atoms with E-state index in [4.69, 9.17) is 0 Å². The van der Waals surface area contributed by atoms with Gasteiger partial charge in [-0.1, -0.05) is 18.2 Å². The minimum atomic E-state index is -1.06. The van der Waals surface area contributed by atoms with Gasteiger partial charge in [0.15, 0.2) is 0 Å². The zero-order valence-corrected chi connectivity index (χ0v) is 12.2. The molecule has 4 nitrogen and oxygen atoms in total. The van der Waals surface area contributed by atoms with Crippen LogP contribution in [-0.2, 0) is 4.79 Å². The molecule has 0 radical (unpaired) electrons. The van der Waals surface area contributed by atoms with Crippen LogP contribution in [0.3, 0.4) is 0 Å². The topological polar surface area (TPSA) is 62.2 Å². The number of fused-ring (bicyclic) bond motifs is 1. The molecular formula is C18H15FN2O2. The molecule has 23 heavy (non-hydrogen) atoms. The van der Waals surface area contributed by atoms with Gasteiger partial charge in [-0.2, -0.15) is 0 Å². The van der Waals surface area contributed by atoms with Crippen molar-refractivity contribution in [3.05, 3.63) is 72.2 Å². The maximum absolute atomic E-state index is 13.2. The Morgan fingerprint density at radius 2 is 2.00 bits per heavy atom. The fourth-order valence-corrected chi connectivity index (χ4v) is 2.42. The standard InChI is InChI=1S/C18H15FN2O2/c19-13-5-1-4-12(10-13)17(22)11-18(23)21-16-8-2-7-15-14(16)6-3-9-20-15/h1-10,17,22H,11H2,(H,21,23). The number of halogens is 1. The molecule has 1 heterocycles. The summed E-state index contributed by atoms with van der Waals surface area (Å²) in [6.45, 7) is 0. The van der Waals surface area contributed by atoms with Crippen molar-refractivity contribution in [1.82, 2.24) is 4.98 Å². The Morgan fingerprint density at radius 3 is 2.83 bits per heavy atom. The number of nitrogens with zero attached hydrogens (tertiary/aromatic N) is 1. The summed E-state index contributed by atoms with van der Waals surface area (Å²) in [6.07, 6.45) is 0.473. The van der Waals surface area contributed by atoms with Crippen LogP contribution in [0.4, 0.5) is 10.1 Å². The number of amides is 1. The number of pyridine rings is 1. The summed E-state index contributed by atoms with van der Waals surface area (Å²) in [6, 6.07) is 14.7. The first-order chi connectivity index (χ1) is 11.1. The molecule has 0 bridgehead atoms. The number of benzene rings is 2. The lowest BCUT2D eigenvalue weighted by Crippen LogP contribution is -2.15. The average molecular weight is 310 g/mol. The van der Waals surface area contributed by atoms with E-state index in [1.807, 2.05) is 12.1 Å². The Balaban J connectivity index is 1.74. The molecule has 2 aromatic carbocycles. The van der Waals surface area contributed by atoms with E-state index in [1.54, 1.807) is 30.5 Å². The van der Waals surface area contributed by atoms with Gasteiger partial charge in [0.25, 0.3) is 0 Å². The molecule has 0 saturated carbocycles. The summed E-state index contributed by atoms with van der Waals surface area (Å²) < 4.78 is 13.2. The predicted molar refractivity (Wildman–Crippen MR) is 86.3 cm³/mol. The van der Waals surface area contributed by atoms with Crippen LogP contribution in [0.25, 0.3) is 10.9 Å². The molecule has 0 saturated heterocycles. The van der Waals surface area contributed by atoms with Crippen molar-refractivity contribution < 1.29 is 14.3 Å². The van der Waals surface area contributed by atoms with Gasteiger partial charge in [0.2, 0.25) is 5.91 Å². The van der Waals surface area contributed by atoms with Gasteiger partial charge in [-0.3, -0.25) is 9.78 Å². The Labute approximate surface area is 132 Å². The third-order valence-corrected chi connectivity index (χ3v) is 3.53. The number of carbonyl (C=O) groups excluding carboxylic acids is 1. The molecule has 0 aliphatic carbocycles. The largest absolute Gasteiger partial charge is 0.388 e. The number of rotatable bonds is 4. The molecular weight excluding hydrogens is 295 g/mol. The fourth-order valence-electron chi connectivity index (χ4n) is 2.42. The van der Waals surface area contributed by atoms with Crippen LogP contribution < -0.4 is 5.32 Å². The van der Waals surface area contributed by atoms with Crippen molar-refractivity contribution in [2.24, 2.45) is 0 Å². The molecule has 1 amide bonds. The zero-order chi connectivity index (χ0) is 16.2. The summed E-state index contributed by atoms with van der Waals surface area (Å²) in [7, 11) is 0. The average Bonchev–Trinajstić information content (AvgIpc) is 2.55. The molecule has 1 unspecified atom stereocenters. The molecule has 3 rings (SSSR count). The Hall–Kier alpha value is -2.79. The molecule has 2 N–H and O–H groups in total. The van der Waals surface area contributed by atoms with E-state index in [1.165, 1.54) is 18.2 Å². The highest BCUT2D eigenvalue weighted by Gasteiger charge is 2.14. The first-order valence-corrected chi connectivity index (χ1v) is 7.20. The number of hydrogen-bond donors (Lipinski definition) is 2. The second kappa shape index (κ2) is 6.54. The van der Waals surface area contributed by atoms with Crippen molar-refractivity contribution in [3.8, 4) is 0 Å². The van der Waals surface area contributed by atoms with E-state index >= 15 is 0 Å². The van der Waals surface area contributed by atoms with E-state index in [0.29, 0.717) is 11.3 Å². The molecule has 0 aliphatic heterocycles. The summed E-state index contributed by atoms with van der Waals surface area (Å²) in [4.78, 5) is 16.4. The van der Waals surface area contributed by atoms with Crippen molar-refractivity contribution in [2.45, 2.75) is 12.5 Å². The van der Waals surface area contributed by atoms with Gasteiger partial charge in [0, 0.05) is 11.6 Å². The number of aliphatic hydroxyl groups excluding tert-OH is 1. The van der Waals surface area contributed by atoms with E-state index in [0.717, 1.165) is 10.9 Å². The molecule has 0 spiro atoms. The number of aliphatic hydroxyl groups is 1. The zero-order valence-electron chi connectivity index (χ0n) is 12.2. The van der Waals surface area contributed by atoms with Gasteiger partial charge in [-0.25, -0.2) is 4.39 Å². The summed E-state index contributed by atoms with van der Waals surface area (Å²) in [5, 5.41) is 13.7. The van der Waals surface area contributed by atoms with E-state index < -0.39 is 11.9 Å². The quantitative estimate of drug-likeness (QED) is 0.776. The first-order valence-electron chi connectivity index (χ1n) is 7.20. The van der Waals surface area contributed by atoms with Gasteiger partial charge in [0.1, 0.15) is 5.82 Å². The second-order valence-corrected chi connectivity index (χ2v) is 5.20. The number of carbonyl (C=O) groups is 1. The van der Waals surface area contributed by atoms with Crippen molar-refractivity contribution in [3.63, 3.8) is 0 Å². The van der Waals surface area contributed by atoms with Crippen molar-refractivity contribution in [1.29, 1.82) is 0 Å². The van der Waals surface area contributed by atoms with E-state index in [-0.39, 0.29) is 12.3 Å². The highest BCUT2D eigenvalue weighted by atomic mass is 19.1. The molecule has 0 aliphatic rings. The molecule has 1 atom stereocenters. The highest BCUT2D eigenvalue weighted by Crippen LogP contribution is 2.23. The molecule has 116 valence electrons. The number of anilines is 1. The van der Waals surface area contributed by atoms with Crippen LogP contribution in [0.15, 0.2) is 60.8 Å². The predicted octanol–water partition coefficient (Wildman–Crippen LogP) is 3.44. The van der Waals surface area contributed by atoms with Crippen molar-refractivity contribution >= 4 is 22.5 Å². The summed E-state index contributed by atoms with van der Waals surface area (Å²) in [5.41, 5.74) is 1.78. The highest BCUT2D eigenvalue weighted by molar-refractivity contribution is 6.01. The minimum Gasteiger partial charge on any atom is -0.388 e. The van der Waals surface area contributed by atoms with Gasteiger partial charge >= 0.3 is 0 Å². The van der Waals surface area contributed by atoms with Crippen LogP contribution in [0.2, 0.25) is 0 Å². The monoisotopic (exact) mass is 310 g/mol. The number of aromatic nitrogens is 1. The lowest BCUT2D eigenvalue weighted by Gasteiger charge is -2.12. The molecule has 0 fully saturated rings. The van der Waals surface area contributed by atoms with Crippen LogP contribution in [0.1, 0.15) is 18.1 Å².